The number of pyridine rings is 1. The van der Waals surface area contributed by atoms with E-state index in [4.69, 9.17) is 11.6 Å². The zero-order valence-corrected chi connectivity index (χ0v) is 13.7. The van der Waals surface area contributed by atoms with Gasteiger partial charge in [-0.3, -0.25) is 4.79 Å². The maximum atomic E-state index is 12.3. The summed E-state index contributed by atoms with van der Waals surface area (Å²) >= 11 is 5.93. The highest BCUT2D eigenvalue weighted by atomic mass is 35.5. The summed E-state index contributed by atoms with van der Waals surface area (Å²) in [6, 6.07) is 11.6. The van der Waals surface area contributed by atoms with Crippen LogP contribution in [0.25, 0.3) is 5.52 Å². The largest absolute Gasteiger partial charge is 0.323 e. The predicted molar refractivity (Wildman–Crippen MR) is 89.9 cm³/mol. The van der Waals surface area contributed by atoms with Crippen molar-refractivity contribution in [1.82, 2.24) is 4.40 Å². The van der Waals surface area contributed by atoms with Crippen molar-refractivity contribution >= 4 is 38.5 Å². The minimum atomic E-state index is -3.41. The number of hydrogen-bond donors (Lipinski definition) is 1. The molecule has 23 heavy (non-hydrogen) atoms. The van der Waals surface area contributed by atoms with Gasteiger partial charge < -0.3 is 9.72 Å². The zero-order valence-electron chi connectivity index (χ0n) is 12.2. The Hall–Kier alpha value is -2.31. The summed E-state index contributed by atoms with van der Waals surface area (Å²) in [6.07, 6.45) is 4.63. The third-order valence-corrected chi connectivity index (χ3v) is 4.63. The molecule has 5 nitrogen and oxygen atoms in total. The van der Waals surface area contributed by atoms with Gasteiger partial charge in [-0.15, -0.1) is 0 Å². The molecule has 0 saturated carbocycles. The SMILES string of the molecule is CS(=O)(=O)c1cc(Cl)cc(NC(=O)c2cc3ccccn3c2)c1. The smallest absolute Gasteiger partial charge is 0.257 e. The maximum absolute atomic E-state index is 12.3. The van der Waals surface area contributed by atoms with Crippen molar-refractivity contribution in [2.24, 2.45) is 0 Å². The first kappa shape index (κ1) is 15.6. The molecule has 7 heteroatoms. The first-order valence-corrected chi connectivity index (χ1v) is 8.98. The van der Waals surface area contributed by atoms with Crippen molar-refractivity contribution in [3.8, 4) is 0 Å². The lowest BCUT2D eigenvalue weighted by Crippen LogP contribution is -2.11. The molecular formula is C16H13ClN2O3S. The number of aromatic nitrogens is 1. The molecule has 1 aromatic carbocycles. The first-order valence-electron chi connectivity index (χ1n) is 6.72. The van der Waals surface area contributed by atoms with E-state index < -0.39 is 9.84 Å². The number of sulfone groups is 1. The fourth-order valence-electron chi connectivity index (χ4n) is 2.23. The molecule has 0 unspecified atom stereocenters. The Kier molecular flexibility index (Phi) is 3.87. The van der Waals surface area contributed by atoms with Crippen LogP contribution in [-0.2, 0) is 9.84 Å². The fraction of sp³-hybridized carbons (Fsp3) is 0.0625. The first-order chi connectivity index (χ1) is 10.8. The molecule has 2 heterocycles. The monoisotopic (exact) mass is 348 g/mol. The standard InChI is InChI=1S/C16H13ClN2O3S/c1-23(21,22)15-8-12(17)7-13(9-15)18-16(20)11-6-14-4-2-3-5-19(14)10-11/h2-10H,1H3,(H,18,20). The van der Waals surface area contributed by atoms with Gasteiger partial charge in [0.05, 0.1) is 10.5 Å². The highest BCUT2D eigenvalue weighted by Gasteiger charge is 2.13. The van der Waals surface area contributed by atoms with Crippen LogP contribution in [0.2, 0.25) is 5.02 Å². The van der Waals surface area contributed by atoms with Crippen molar-refractivity contribution in [3.63, 3.8) is 0 Å². The summed E-state index contributed by atoms with van der Waals surface area (Å²) < 4.78 is 25.1. The van der Waals surface area contributed by atoms with Gasteiger partial charge in [0.15, 0.2) is 9.84 Å². The minimum absolute atomic E-state index is 0.0577. The Morgan fingerprint density at radius 2 is 1.96 bits per heavy atom. The molecule has 0 aliphatic rings. The van der Waals surface area contributed by atoms with E-state index in [0.717, 1.165) is 11.8 Å². The number of nitrogens with one attached hydrogen (secondary N) is 1. The number of hydrogen-bond acceptors (Lipinski definition) is 3. The van der Waals surface area contributed by atoms with Crippen molar-refractivity contribution in [1.29, 1.82) is 0 Å². The second kappa shape index (κ2) is 5.72. The summed E-state index contributed by atoms with van der Waals surface area (Å²) in [5, 5.41) is 2.91. The number of benzene rings is 1. The summed E-state index contributed by atoms with van der Waals surface area (Å²) in [4.78, 5) is 12.4. The van der Waals surface area contributed by atoms with Crippen LogP contribution in [-0.4, -0.2) is 25.0 Å². The lowest BCUT2D eigenvalue weighted by Gasteiger charge is -2.07. The van der Waals surface area contributed by atoms with Gasteiger partial charge in [-0.05, 0) is 36.4 Å². The van der Waals surface area contributed by atoms with E-state index in [1.54, 1.807) is 12.3 Å². The van der Waals surface area contributed by atoms with Crippen molar-refractivity contribution in [3.05, 3.63) is 65.4 Å². The molecule has 118 valence electrons. The van der Waals surface area contributed by atoms with Gasteiger partial charge in [0.25, 0.3) is 5.91 Å². The molecule has 2 aromatic heterocycles. The Labute approximate surface area is 138 Å². The summed E-state index contributed by atoms with van der Waals surface area (Å²) in [5.41, 5.74) is 1.69. The fourth-order valence-corrected chi connectivity index (χ4v) is 3.21. The Balaban J connectivity index is 1.92. The summed E-state index contributed by atoms with van der Waals surface area (Å²) in [6.45, 7) is 0. The molecule has 0 atom stereocenters. The molecule has 0 radical (unpaired) electrons. The molecular weight excluding hydrogens is 336 g/mol. The predicted octanol–water partition coefficient (Wildman–Crippen LogP) is 3.25. The van der Waals surface area contributed by atoms with E-state index in [1.165, 1.54) is 18.2 Å². The molecule has 0 spiro atoms. The second-order valence-corrected chi connectivity index (χ2v) is 7.62. The number of carbonyl (C=O) groups excluding carboxylic acids is 1. The average Bonchev–Trinajstić information content (AvgIpc) is 2.89. The highest BCUT2D eigenvalue weighted by molar-refractivity contribution is 7.90. The summed E-state index contributed by atoms with van der Waals surface area (Å²) in [5.74, 6) is -0.338. The number of carbonyl (C=O) groups is 1. The van der Waals surface area contributed by atoms with Crippen LogP contribution in [0.15, 0.2) is 59.8 Å². The van der Waals surface area contributed by atoms with Gasteiger partial charge in [-0.1, -0.05) is 17.7 Å². The van der Waals surface area contributed by atoms with Crippen LogP contribution in [0.5, 0.6) is 0 Å². The molecule has 0 bridgehead atoms. The van der Waals surface area contributed by atoms with Gasteiger partial charge in [0, 0.05) is 34.9 Å². The lowest BCUT2D eigenvalue weighted by molar-refractivity contribution is 0.102. The van der Waals surface area contributed by atoms with Crippen LogP contribution in [0.3, 0.4) is 0 Å². The van der Waals surface area contributed by atoms with E-state index in [-0.39, 0.29) is 15.8 Å². The molecule has 1 amide bonds. The number of amides is 1. The number of fused-ring (bicyclic) bond motifs is 1. The number of rotatable bonds is 3. The van der Waals surface area contributed by atoms with Crippen LogP contribution in [0.4, 0.5) is 5.69 Å². The van der Waals surface area contributed by atoms with Gasteiger partial charge in [0.2, 0.25) is 0 Å². The van der Waals surface area contributed by atoms with Crippen molar-refractivity contribution in [2.45, 2.75) is 4.90 Å². The van der Waals surface area contributed by atoms with E-state index in [0.29, 0.717) is 11.3 Å². The van der Waals surface area contributed by atoms with Gasteiger partial charge >= 0.3 is 0 Å². The number of anilines is 1. The van der Waals surface area contributed by atoms with E-state index in [9.17, 15) is 13.2 Å². The Morgan fingerprint density at radius 3 is 2.65 bits per heavy atom. The van der Waals surface area contributed by atoms with Gasteiger partial charge in [-0.2, -0.15) is 0 Å². The Bertz CT molecular complexity index is 976. The maximum Gasteiger partial charge on any atom is 0.257 e. The number of nitrogens with zero attached hydrogens (tertiary/aromatic N) is 1. The zero-order chi connectivity index (χ0) is 16.6. The average molecular weight is 349 g/mol. The van der Waals surface area contributed by atoms with E-state index >= 15 is 0 Å². The molecule has 0 aliphatic heterocycles. The normalized spacial score (nSPS) is 11.6. The van der Waals surface area contributed by atoms with Crippen molar-refractivity contribution < 1.29 is 13.2 Å². The Morgan fingerprint density at radius 1 is 1.17 bits per heavy atom. The molecule has 0 saturated heterocycles. The molecule has 1 N–H and O–H groups in total. The van der Waals surface area contributed by atoms with Gasteiger partial charge in [0.1, 0.15) is 0 Å². The van der Waals surface area contributed by atoms with Crippen LogP contribution in [0, 0.1) is 0 Å². The van der Waals surface area contributed by atoms with Crippen molar-refractivity contribution in [2.75, 3.05) is 11.6 Å². The number of halogens is 1. The quantitative estimate of drug-likeness (QED) is 0.790. The molecule has 3 aromatic rings. The van der Waals surface area contributed by atoms with Crippen LogP contribution < -0.4 is 5.32 Å². The molecule has 0 aliphatic carbocycles. The highest BCUT2D eigenvalue weighted by Crippen LogP contribution is 2.23. The molecule has 0 fully saturated rings. The van der Waals surface area contributed by atoms with Gasteiger partial charge in [-0.25, -0.2) is 8.42 Å². The third-order valence-electron chi connectivity index (χ3n) is 3.32. The van der Waals surface area contributed by atoms with Crippen LogP contribution >= 0.6 is 11.6 Å². The molecule has 3 rings (SSSR count). The topological polar surface area (TPSA) is 67.7 Å². The second-order valence-electron chi connectivity index (χ2n) is 5.16. The third kappa shape index (κ3) is 3.38. The lowest BCUT2D eigenvalue weighted by atomic mass is 10.2. The van der Waals surface area contributed by atoms with E-state index in [1.807, 2.05) is 28.8 Å². The summed E-state index contributed by atoms with van der Waals surface area (Å²) in [7, 11) is -3.41. The minimum Gasteiger partial charge on any atom is -0.323 e. The van der Waals surface area contributed by atoms with E-state index in [2.05, 4.69) is 5.32 Å². The van der Waals surface area contributed by atoms with Crippen LogP contribution in [0.1, 0.15) is 10.4 Å².